The molecule has 0 aliphatic heterocycles. The number of ether oxygens (including phenoxy) is 1. The SMILES string of the molecule is CC(CO)NC(=O)c1cccc(Oc2ccc(C#N)cc2)c1. The van der Waals surface area contributed by atoms with Gasteiger partial charge in [-0.25, -0.2) is 0 Å². The van der Waals surface area contributed by atoms with Gasteiger partial charge in [-0.15, -0.1) is 0 Å². The standard InChI is InChI=1S/C17H16N2O3/c1-12(11-20)19-17(21)14-3-2-4-16(9-14)22-15-7-5-13(10-18)6-8-15/h2-9,12,20H,11H2,1H3,(H,19,21). The molecule has 0 aliphatic rings. The van der Waals surface area contributed by atoms with Crippen LogP contribution in [-0.4, -0.2) is 23.7 Å². The van der Waals surface area contributed by atoms with Gasteiger partial charge in [-0.05, 0) is 49.4 Å². The Bertz CT molecular complexity index is 690. The van der Waals surface area contributed by atoms with Crippen molar-refractivity contribution in [3.63, 3.8) is 0 Å². The third kappa shape index (κ3) is 4.08. The number of nitrogens with zero attached hydrogens (tertiary/aromatic N) is 1. The lowest BCUT2D eigenvalue weighted by atomic mass is 10.2. The van der Waals surface area contributed by atoms with Crippen LogP contribution < -0.4 is 10.1 Å². The molecular weight excluding hydrogens is 280 g/mol. The topological polar surface area (TPSA) is 82.3 Å². The number of aliphatic hydroxyl groups is 1. The van der Waals surface area contributed by atoms with Crippen molar-refractivity contribution < 1.29 is 14.6 Å². The zero-order valence-corrected chi connectivity index (χ0v) is 12.1. The Balaban J connectivity index is 2.10. The summed E-state index contributed by atoms with van der Waals surface area (Å²) in [7, 11) is 0. The average molecular weight is 296 g/mol. The number of amides is 1. The van der Waals surface area contributed by atoms with E-state index in [0.717, 1.165) is 0 Å². The van der Waals surface area contributed by atoms with Crippen LogP contribution in [0, 0.1) is 11.3 Å². The van der Waals surface area contributed by atoms with E-state index in [1.807, 2.05) is 6.07 Å². The van der Waals surface area contributed by atoms with Gasteiger partial charge in [-0.2, -0.15) is 5.26 Å². The van der Waals surface area contributed by atoms with Gasteiger partial charge in [-0.3, -0.25) is 4.79 Å². The summed E-state index contributed by atoms with van der Waals surface area (Å²) in [6.45, 7) is 1.60. The van der Waals surface area contributed by atoms with E-state index < -0.39 is 0 Å². The van der Waals surface area contributed by atoms with Crippen molar-refractivity contribution in [3.8, 4) is 17.6 Å². The smallest absolute Gasteiger partial charge is 0.251 e. The van der Waals surface area contributed by atoms with E-state index in [9.17, 15) is 4.79 Å². The number of benzene rings is 2. The molecule has 2 rings (SSSR count). The molecule has 0 aliphatic carbocycles. The van der Waals surface area contributed by atoms with Gasteiger partial charge in [0.2, 0.25) is 0 Å². The number of carbonyl (C=O) groups is 1. The van der Waals surface area contributed by atoms with Gasteiger partial charge in [-0.1, -0.05) is 6.07 Å². The fraction of sp³-hybridized carbons (Fsp3) is 0.176. The summed E-state index contributed by atoms with van der Waals surface area (Å²) in [6.07, 6.45) is 0. The number of nitrogens with one attached hydrogen (secondary N) is 1. The largest absolute Gasteiger partial charge is 0.457 e. The van der Waals surface area contributed by atoms with Crippen LogP contribution in [-0.2, 0) is 0 Å². The molecule has 2 aromatic carbocycles. The molecule has 0 aromatic heterocycles. The van der Waals surface area contributed by atoms with E-state index in [2.05, 4.69) is 5.32 Å². The van der Waals surface area contributed by atoms with Gasteiger partial charge in [0.25, 0.3) is 5.91 Å². The first-order valence-electron chi connectivity index (χ1n) is 6.82. The maximum Gasteiger partial charge on any atom is 0.251 e. The molecule has 0 radical (unpaired) electrons. The maximum atomic E-state index is 12.0. The normalized spacial score (nSPS) is 11.3. The molecule has 1 unspecified atom stereocenters. The van der Waals surface area contributed by atoms with E-state index >= 15 is 0 Å². The maximum absolute atomic E-state index is 12.0. The van der Waals surface area contributed by atoms with Crippen LogP contribution in [0.5, 0.6) is 11.5 Å². The van der Waals surface area contributed by atoms with Crippen molar-refractivity contribution in [3.05, 3.63) is 59.7 Å². The molecule has 2 aromatic rings. The number of carbonyl (C=O) groups excluding carboxylic acids is 1. The van der Waals surface area contributed by atoms with E-state index in [1.54, 1.807) is 55.5 Å². The molecule has 0 saturated heterocycles. The third-order valence-corrected chi connectivity index (χ3v) is 2.97. The van der Waals surface area contributed by atoms with Crippen LogP contribution in [0.25, 0.3) is 0 Å². The fourth-order valence-corrected chi connectivity index (χ4v) is 1.79. The van der Waals surface area contributed by atoms with Gasteiger partial charge in [0, 0.05) is 11.6 Å². The summed E-state index contributed by atoms with van der Waals surface area (Å²) in [5.41, 5.74) is 1.00. The molecule has 0 bridgehead atoms. The molecule has 2 N–H and O–H groups in total. The lowest BCUT2D eigenvalue weighted by Gasteiger charge is -2.12. The number of nitriles is 1. The molecule has 0 saturated carbocycles. The number of hydrogen-bond donors (Lipinski definition) is 2. The monoisotopic (exact) mass is 296 g/mol. The Morgan fingerprint density at radius 3 is 2.64 bits per heavy atom. The molecule has 0 spiro atoms. The minimum atomic E-state index is -0.310. The minimum absolute atomic E-state index is 0.118. The Labute approximate surface area is 128 Å². The van der Waals surface area contributed by atoms with Crippen molar-refractivity contribution in [1.82, 2.24) is 5.32 Å². The van der Waals surface area contributed by atoms with Crippen molar-refractivity contribution in [2.24, 2.45) is 0 Å². The summed E-state index contributed by atoms with van der Waals surface area (Å²) >= 11 is 0. The first-order valence-corrected chi connectivity index (χ1v) is 6.82. The highest BCUT2D eigenvalue weighted by Gasteiger charge is 2.10. The van der Waals surface area contributed by atoms with Crippen LogP contribution in [0.2, 0.25) is 0 Å². The first kappa shape index (κ1) is 15.5. The van der Waals surface area contributed by atoms with Gasteiger partial charge < -0.3 is 15.2 Å². The molecule has 112 valence electrons. The molecule has 5 nitrogen and oxygen atoms in total. The first-order chi connectivity index (χ1) is 10.6. The van der Waals surface area contributed by atoms with Crippen LogP contribution in [0.4, 0.5) is 0 Å². The molecule has 1 amide bonds. The van der Waals surface area contributed by atoms with Crippen LogP contribution >= 0.6 is 0 Å². The molecular formula is C17H16N2O3. The van der Waals surface area contributed by atoms with Crippen molar-refractivity contribution in [1.29, 1.82) is 5.26 Å². The molecule has 5 heteroatoms. The van der Waals surface area contributed by atoms with Crippen molar-refractivity contribution >= 4 is 5.91 Å². The second-order valence-corrected chi connectivity index (χ2v) is 4.82. The van der Waals surface area contributed by atoms with E-state index in [1.165, 1.54) is 0 Å². The molecule has 1 atom stereocenters. The number of hydrogen-bond acceptors (Lipinski definition) is 4. The number of rotatable bonds is 5. The van der Waals surface area contributed by atoms with Gasteiger partial charge in [0.1, 0.15) is 11.5 Å². The minimum Gasteiger partial charge on any atom is -0.457 e. The molecule has 0 fully saturated rings. The second-order valence-electron chi connectivity index (χ2n) is 4.82. The molecule has 0 heterocycles. The summed E-state index contributed by atoms with van der Waals surface area (Å²) < 4.78 is 5.66. The van der Waals surface area contributed by atoms with Gasteiger partial charge >= 0.3 is 0 Å². The van der Waals surface area contributed by atoms with Crippen molar-refractivity contribution in [2.75, 3.05) is 6.61 Å². The Morgan fingerprint density at radius 2 is 2.00 bits per heavy atom. The summed E-state index contributed by atoms with van der Waals surface area (Å²) in [6, 6.07) is 15.2. The highest BCUT2D eigenvalue weighted by atomic mass is 16.5. The summed E-state index contributed by atoms with van der Waals surface area (Å²) in [5, 5.41) is 20.4. The number of aliphatic hydroxyl groups excluding tert-OH is 1. The van der Waals surface area contributed by atoms with Gasteiger partial charge in [0.15, 0.2) is 0 Å². The molecule has 22 heavy (non-hydrogen) atoms. The van der Waals surface area contributed by atoms with Crippen LogP contribution in [0.3, 0.4) is 0 Å². The predicted octanol–water partition coefficient (Wildman–Crippen LogP) is 2.46. The summed E-state index contributed by atoms with van der Waals surface area (Å²) in [5.74, 6) is 0.834. The van der Waals surface area contributed by atoms with Gasteiger partial charge in [0.05, 0.1) is 18.2 Å². The second kappa shape index (κ2) is 7.25. The van der Waals surface area contributed by atoms with Crippen LogP contribution in [0.1, 0.15) is 22.8 Å². The Morgan fingerprint density at radius 1 is 1.27 bits per heavy atom. The zero-order chi connectivity index (χ0) is 15.9. The third-order valence-electron chi connectivity index (χ3n) is 2.97. The highest BCUT2D eigenvalue weighted by Crippen LogP contribution is 2.22. The van der Waals surface area contributed by atoms with Crippen molar-refractivity contribution in [2.45, 2.75) is 13.0 Å². The van der Waals surface area contributed by atoms with Crippen LogP contribution in [0.15, 0.2) is 48.5 Å². The predicted molar refractivity (Wildman–Crippen MR) is 81.7 cm³/mol. The quantitative estimate of drug-likeness (QED) is 0.888. The summed E-state index contributed by atoms with van der Waals surface area (Å²) in [4.78, 5) is 12.0. The fourth-order valence-electron chi connectivity index (χ4n) is 1.79. The van der Waals surface area contributed by atoms with E-state index in [-0.39, 0.29) is 18.6 Å². The Hall–Kier alpha value is -2.84. The highest BCUT2D eigenvalue weighted by molar-refractivity contribution is 5.94. The zero-order valence-electron chi connectivity index (χ0n) is 12.1. The lowest BCUT2D eigenvalue weighted by Crippen LogP contribution is -2.34. The van der Waals surface area contributed by atoms with E-state index in [4.69, 9.17) is 15.1 Å². The van der Waals surface area contributed by atoms with E-state index in [0.29, 0.717) is 22.6 Å². The average Bonchev–Trinajstić information content (AvgIpc) is 2.55. The Kier molecular flexibility index (Phi) is 5.12. The lowest BCUT2D eigenvalue weighted by molar-refractivity contribution is 0.0922.